The van der Waals surface area contributed by atoms with Crippen LogP contribution in [0.2, 0.25) is 0 Å². The van der Waals surface area contributed by atoms with E-state index in [0.717, 1.165) is 17.1 Å². The number of hydrogen-bond acceptors (Lipinski definition) is 4. The van der Waals surface area contributed by atoms with Gasteiger partial charge in [0.2, 0.25) is 0 Å². The molecule has 0 spiro atoms. The van der Waals surface area contributed by atoms with Gasteiger partial charge in [-0.25, -0.2) is 4.99 Å². The molecule has 0 aliphatic carbocycles. The molecule has 0 amide bonds. The van der Waals surface area contributed by atoms with Crippen molar-refractivity contribution in [2.24, 2.45) is 10.7 Å². The summed E-state index contributed by atoms with van der Waals surface area (Å²) in [6.07, 6.45) is 3.88. The summed E-state index contributed by atoms with van der Waals surface area (Å²) < 4.78 is 0. The van der Waals surface area contributed by atoms with E-state index in [9.17, 15) is 0 Å². The summed E-state index contributed by atoms with van der Waals surface area (Å²) in [5.74, 6) is 1.17. The molecular formula is C19H24N4S. The standard InChI is InChI=1S/C19H24N4S/c1-23-8-2-4-15(23)10-13-12-21-17-7-6-14(11-16(13)17)22-19(20)18-5-3-9-24-18/h3,5-7,9,11,13,15,21H,2,4,8,10,12H2,1H3,(H2,20,22)/t13?,15-/m0/s1. The maximum atomic E-state index is 6.14. The Kier molecular flexibility index (Phi) is 4.29. The zero-order chi connectivity index (χ0) is 16.5. The van der Waals surface area contributed by atoms with Crippen LogP contribution in [0.25, 0.3) is 0 Å². The first-order valence-electron chi connectivity index (χ1n) is 8.67. The molecule has 2 aliphatic heterocycles. The molecule has 24 heavy (non-hydrogen) atoms. The lowest BCUT2D eigenvalue weighted by atomic mass is 9.92. The number of amidine groups is 1. The molecule has 3 N–H and O–H groups in total. The number of anilines is 1. The van der Waals surface area contributed by atoms with Gasteiger partial charge in [0.05, 0.1) is 10.6 Å². The molecule has 4 rings (SSSR count). The number of likely N-dealkylation sites (tertiary alicyclic amines) is 1. The summed E-state index contributed by atoms with van der Waals surface area (Å²) in [5, 5.41) is 5.58. The number of fused-ring (bicyclic) bond motifs is 1. The molecule has 2 atom stereocenters. The summed E-state index contributed by atoms with van der Waals surface area (Å²) in [6.45, 7) is 2.27. The minimum atomic E-state index is 0.573. The van der Waals surface area contributed by atoms with Gasteiger partial charge in [0.15, 0.2) is 0 Å². The molecule has 126 valence electrons. The van der Waals surface area contributed by atoms with Gasteiger partial charge in [-0.15, -0.1) is 11.3 Å². The van der Waals surface area contributed by atoms with Gasteiger partial charge >= 0.3 is 0 Å². The fourth-order valence-electron chi connectivity index (χ4n) is 3.90. The first-order chi connectivity index (χ1) is 11.7. The van der Waals surface area contributed by atoms with Crippen molar-refractivity contribution < 1.29 is 0 Å². The third kappa shape index (κ3) is 3.06. The van der Waals surface area contributed by atoms with Crippen molar-refractivity contribution in [1.29, 1.82) is 0 Å². The Labute approximate surface area is 147 Å². The summed E-state index contributed by atoms with van der Waals surface area (Å²) in [4.78, 5) is 8.16. The lowest BCUT2D eigenvalue weighted by Crippen LogP contribution is -2.27. The Hall–Kier alpha value is -1.85. The molecule has 1 unspecified atom stereocenters. The molecule has 0 saturated carbocycles. The van der Waals surface area contributed by atoms with E-state index >= 15 is 0 Å². The maximum absolute atomic E-state index is 6.14. The van der Waals surface area contributed by atoms with Crippen molar-refractivity contribution in [1.82, 2.24) is 4.90 Å². The van der Waals surface area contributed by atoms with Crippen LogP contribution in [0.3, 0.4) is 0 Å². The second-order valence-electron chi connectivity index (χ2n) is 6.84. The van der Waals surface area contributed by atoms with Crippen LogP contribution in [0, 0.1) is 0 Å². The molecule has 4 nitrogen and oxygen atoms in total. The van der Waals surface area contributed by atoms with Crippen LogP contribution in [0.1, 0.15) is 35.6 Å². The van der Waals surface area contributed by atoms with Crippen molar-refractivity contribution in [3.05, 3.63) is 46.2 Å². The fraction of sp³-hybridized carbons (Fsp3) is 0.421. The van der Waals surface area contributed by atoms with Gasteiger partial charge in [-0.2, -0.15) is 0 Å². The Morgan fingerprint density at radius 3 is 3.08 bits per heavy atom. The minimum absolute atomic E-state index is 0.573. The van der Waals surface area contributed by atoms with E-state index in [1.54, 1.807) is 11.3 Å². The van der Waals surface area contributed by atoms with Crippen LogP contribution in [0.4, 0.5) is 11.4 Å². The highest BCUT2D eigenvalue weighted by Gasteiger charge is 2.29. The molecule has 5 heteroatoms. The Bertz CT molecular complexity index is 738. The molecule has 1 fully saturated rings. The minimum Gasteiger partial charge on any atom is -0.384 e. The molecule has 1 aromatic heterocycles. The first kappa shape index (κ1) is 15.7. The quantitative estimate of drug-likeness (QED) is 0.658. The topological polar surface area (TPSA) is 53.6 Å². The number of aliphatic imine (C=N–C) groups is 1. The highest BCUT2D eigenvalue weighted by Crippen LogP contribution is 2.38. The molecule has 0 radical (unpaired) electrons. The molecule has 2 aromatic rings. The van der Waals surface area contributed by atoms with Crippen LogP contribution in [0.5, 0.6) is 0 Å². The highest BCUT2D eigenvalue weighted by molar-refractivity contribution is 7.12. The normalized spacial score (nSPS) is 24.1. The van der Waals surface area contributed by atoms with Gasteiger partial charge in [-0.3, -0.25) is 0 Å². The highest BCUT2D eigenvalue weighted by atomic mass is 32.1. The maximum Gasteiger partial charge on any atom is 0.141 e. The number of nitrogens with one attached hydrogen (secondary N) is 1. The van der Waals surface area contributed by atoms with E-state index in [4.69, 9.17) is 5.73 Å². The number of benzene rings is 1. The van der Waals surface area contributed by atoms with Gasteiger partial charge in [0.25, 0.3) is 0 Å². The monoisotopic (exact) mass is 340 g/mol. The lowest BCUT2D eigenvalue weighted by Gasteiger charge is -2.22. The number of hydrogen-bond donors (Lipinski definition) is 2. The van der Waals surface area contributed by atoms with E-state index in [0.29, 0.717) is 17.8 Å². The van der Waals surface area contributed by atoms with Crippen LogP contribution in [0.15, 0.2) is 40.7 Å². The van der Waals surface area contributed by atoms with Gasteiger partial charge in [-0.05, 0) is 68.1 Å². The van der Waals surface area contributed by atoms with Crippen molar-refractivity contribution in [3.63, 3.8) is 0 Å². The van der Waals surface area contributed by atoms with E-state index in [1.165, 1.54) is 37.1 Å². The van der Waals surface area contributed by atoms with E-state index in [-0.39, 0.29) is 0 Å². The summed E-state index contributed by atoms with van der Waals surface area (Å²) >= 11 is 1.62. The lowest BCUT2D eigenvalue weighted by molar-refractivity contribution is 0.285. The number of nitrogens with two attached hydrogens (primary N) is 1. The van der Waals surface area contributed by atoms with Gasteiger partial charge in [0, 0.05) is 24.2 Å². The van der Waals surface area contributed by atoms with E-state index < -0.39 is 0 Å². The van der Waals surface area contributed by atoms with Gasteiger partial charge in [-0.1, -0.05) is 6.07 Å². The molecule has 3 heterocycles. The van der Waals surface area contributed by atoms with Crippen molar-refractivity contribution in [2.75, 3.05) is 25.5 Å². The summed E-state index contributed by atoms with van der Waals surface area (Å²) in [7, 11) is 2.25. The fourth-order valence-corrected chi connectivity index (χ4v) is 4.52. The van der Waals surface area contributed by atoms with Crippen LogP contribution in [-0.2, 0) is 0 Å². The van der Waals surface area contributed by atoms with Crippen LogP contribution < -0.4 is 11.1 Å². The van der Waals surface area contributed by atoms with E-state index in [1.807, 2.05) is 17.5 Å². The third-order valence-electron chi connectivity index (χ3n) is 5.27. The zero-order valence-electron chi connectivity index (χ0n) is 14.0. The predicted octanol–water partition coefficient (Wildman–Crippen LogP) is 3.78. The average molecular weight is 340 g/mol. The zero-order valence-corrected chi connectivity index (χ0v) is 14.9. The van der Waals surface area contributed by atoms with E-state index in [2.05, 4.69) is 40.5 Å². The first-order valence-corrected chi connectivity index (χ1v) is 9.55. The molecule has 1 saturated heterocycles. The second kappa shape index (κ2) is 6.57. The largest absolute Gasteiger partial charge is 0.384 e. The van der Waals surface area contributed by atoms with Crippen molar-refractivity contribution in [3.8, 4) is 0 Å². The summed E-state index contributed by atoms with van der Waals surface area (Å²) in [6, 6.07) is 11.1. The number of rotatable bonds is 4. The Morgan fingerprint density at radius 1 is 1.42 bits per heavy atom. The van der Waals surface area contributed by atoms with Crippen molar-refractivity contribution in [2.45, 2.75) is 31.2 Å². The second-order valence-corrected chi connectivity index (χ2v) is 7.78. The molecular weight excluding hydrogens is 316 g/mol. The average Bonchev–Trinajstić information content (AvgIpc) is 3.31. The van der Waals surface area contributed by atoms with Crippen molar-refractivity contribution >= 4 is 28.5 Å². The molecule has 1 aromatic carbocycles. The smallest absolute Gasteiger partial charge is 0.141 e. The van der Waals surface area contributed by atoms with Gasteiger partial charge < -0.3 is 16.0 Å². The van der Waals surface area contributed by atoms with Gasteiger partial charge in [0.1, 0.15) is 5.84 Å². The third-order valence-corrected chi connectivity index (χ3v) is 6.16. The van der Waals surface area contributed by atoms with Crippen LogP contribution >= 0.6 is 11.3 Å². The predicted molar refractivity (Wildman–Crippen MR) is 103 cm³/mol. The number of nitrogens with zero attached hydrogens (tertiary/aromatic N) is 2. The number of thiophene rings is 1. The Morgan fingerprint density at radius 2 is 2.33 bits per heavy atom. The summed E-state index contributed by atoms with van der Waals surface area (Å²) in [5.41, 5.74) is 9.75. The Balaban J connectivity index is 1.56. The molecule has 2 aliphatic rings. The van der Waals surface area contributed by atoms with Crippen LogP contribution in [-0.4, -0.2) is 36.9 Å². The molecule has 0 bridgehead atoms. The SMILES string of the molecule is CN1CCC[C@H]1CC1CNc2ccc(N=C(N)c3cccs3)cc21.